The van der Waals surface area contributed by atoms with Gasteiger partial charge in [0, 0.05) is 12.6 Å². The minimum absolute atomic E-state index is 0.593. The molecule has 1 fully saturated rings. The maximum absolute atomic E-state index is 5.74. The lowest BCUT2D eigenvalue weighted by molar-refractivity contribution is 0.292. The predicted molar refractivity (Wildman–Crippen MR) is 85.5 cm³/mol. The van der Waals surface area contributed by atoms with Gasteiger partial charge in [-0.1, -0.05) is 6.92 Å². The van der Waals surface area contributed by atoms with Crippen molar-refractivity contribution in [3.63, 3.8) is 0 Å². The first-order valence-corrected chi connectivity index (χ1v) is 8.17. The Morgan fingerprint density at radius 3 is 2.75 bits per heavy atom. The molecular formula is C16H24BrNO2. The second-order valence-electron chi connectivity index (χ2n) is 5.46. The monoisotopic (exact) mass is 341 g/mol. The summed E-state index contributed by atoms with van der Waals surface area (Å²) in [5.41, 5.74) is 1.21. The summed E-state index contributed by atoms with van der Waals surface area (Å²) in [5, 5.41) is 3.58. The summed E-state index contributed by atoms with van der Waals surface area (Å²) in [6, 6.07) is 4.76. The van der Waals surface area contributed by atoms with Crippen LogP contribution in [-0.4, -0.2) is 19.8 Å². The molecule has 1 unspecified atom stereocenters. The third-order valence-electron chi connectivity index (χ3n) is 3.70. The Balaban J connectivity index is 2.03. The van der Waals surface area contributed by atoms with Gasteiger partial charge < -0.3 is 14.8 Å². The van der Waals surface area contributed by atoms with Crippen molar-refractivity contribution in [2.75, 3.05) is 13.7 Å². The van der Waals surface area contributed by atoms with Crippen molar-refractivity contribution in [3.8, 4) is 11.5 Å². The Kier molecular flexibility index (Phi) is 5.73. The van der Waals surface area contributed by atoms with Crippen LogP contribution in [0.4, 0.5) is 0 Å². The average Bonchev–Trinajstić information content (AvgIpc) is 3.27. The Labute approximate surface area is 130 Å². The van der Waals surface area contributed by atoms with Gasteiger partial charge in [-0.2, -0.15) is 0 Å². The zero-order valence-corrected chi connectivity index (χ0v) is 14.1. The van der Waals surface area contributed by atoms with Crippen LogP contribution in [0, 0.1) is 5.92 Å². The summed E-state index contributed by atoms with van der Waals surface area (Å²) in [7, 11) is 1.69. The van der Waals surface area contributed by atoms with E-state index in [0.717, 1.165) is 34.9 Å². The van der Waals surface area contributed by atoms with Crippen LogP contribution in [0.15, 0.2) is 16.6 Å². The highest BCUT2D eigenvalue weighted by molar-refractivity contribution is 9.10. The molecule has 1 aromatic carbocycles. The molecule has 3 nitrogen and oxygen atoms in total. The van der Waals surface area contributed by atoms with E-state index in [1.807, 2.05) is 0 Å². The zero-order chi connectivity index (χ0) is 14.5. The van der Waals surface area contributed by atoms with E-state index in [0.29, 0.717) is 12.6 Å². The van der Waals surface area contributed by atoms with Crippen LogP contribution >= 0.6 is 15.9 Å². The third kappa shape index (κ3) is 4.13. The molecule has 0 bridgehead atoms. The summed E-state index contributed by atoms with van der Waals surface area (Å²) < 4.78 is 12.2. The van der Waals surface area contributed by atoms with Gasteiger partial charge in [0.25, 0.3) is 0 Å². The van der Waals surface area contributed by atoms with Crippen molar-refractivity contribution in [3.05, 3.63) is 22.2 Å². The van der Waals surface area contributed by atoms with E-state index in [1.54, 1.807) is 7.11 Å². The molecule has 1 aromatic rings. The quantitative estimate of drug-likeness (QED) is 0.770. The predicted octanol–water partition coefficient (Wildman–Crippen LogP) is 4.13. The van der Waals surface area contributed by atoms with E-state index in [2.05, 4.69) is 47.2 Å². The van der Waals surface area contributed by atoms with Crippen molar-refractivity contribution in [1.29, 1.82) is 0 Å². The largest absolute Gasteiger partial charge is 0.493 e. The Morgan fingerprint density at radius 1 is 1.40 bits per heavy atom. The number of hydrogen-bond donors (Lipinski definition) is 1. The van der Waals surface area contributed by atoms with Crippen molar-refractivity contribution < 1.29 is 9.47 Å². The maximum Gasteiger partial charge on any atom is 0.175 e. The first-order valence-electron chi connectivity index (χ1n) is 7.38. The van der Waals surface area contributed by atoms with Crippen LogP contribution in [0.25, 0.3) is 0 Å². The first kappa shape index (κ1) is 15.6. The highest BCUT2D eigenvalue weighted by atomic mass is 79.9. The minimum atomic E-state index is 0.593. The lowest BCUT2D eigenvalue weighted by Gasteiger charge is -2.16. The second kappa shape index (κ2) is 7.32. The Hall–Kier alpha value is -0.740. The molecule has 4 heteroatoms. The number of rotatable bonds is 8. The van der Waals surface area contributed by atoms with Crippen LogP contribution < -0.4 is 14.8 Å². The molecule has 1 aliphatic rings. The molecule has 1 saturated carbocycles. The molecule has 0 radical (unpaired) electrons. The lowest BCUT2D eigenvalue weighted by Crippen LogP contribution is -2.27. The lowest BCUT2D eigenvalue weighted by atomic mass is 10.1. The van der Waals surface area contributed by atoms with Crippen LogP contribution in [0.5, 0.6) is 11.5 Å². The van der Waals surface area contributed by atoms with Crippen LogP contribution in [-0.2, 0) is 6.54 Å². The first-order chi connectivity index (χ1) is 9.65. The zero-order valence-electron chi connectivity index (χ0n) is 12.5. The van der Waals surface area contributed by atoms with E-state index in [4.69, 9.17) is 9.47 Å². The molecule has 0 aliphatic heterocycles. The molecule has 0 saturated heterocycles. The molecule has 1 N–H and O–H groups in total. The van der Waals surface area contributed by atoms with E-state index in [9.17, 15) is 0 Å². The number of hydrogen-bond acceptors (Lipinski definition) is 3. The fraction of sp³-hybridized carbons (Fsp3) is 0.625. The van der Waals surface area contributed by atoms with Crippen LogP contribution in [0.2, 0.25) is 0 Å². The Morgan fingerprint density at radius 2 is 2.15 bits per heavy atom. The summed E-state index contributed by atoms with van der Waals surface area (Å²) in [5.74, 6) is 2.46. The van der Waals surface area contributed by atoms with Gasteiger partial charge in [-0.3, -0.25) is 0 Å². The summed E-state index contributed by atoms with van der Waals surface area (Å²) in [6.45, 7) is 5.92. The smallest absolute Gasteiger partial charge is 0.175 e. The van der Waals surface area contributed by atoms with E-state index < -0.39 is 0 Å². The minimum Gasteiger partial charge on any atom is -0.493 e. The van der Waals surface area contributed by atoms with Gasteiger partial charge in [0.1, 0.15) is 0 Å². The highest BCUT2D eigenvalue weighted by Gasteiger charge is 2.27. The van der Waals surface area contributed by atoms with Gasteiger partial charge in [-0.05, 0) is 65.7 Å². The highest BCUT2D eigenvalue weighted by Crippen LogP contribution is 2.37. The van der Waals surface area contributed by atoms with Crippen molar-refractivity contribution >= 4 is 15.9 Å². The molecule has 0 heterocycles. The number of benzene rings is 1. The standard InChI is InChI=1S/C16H24BrNO2/c1-4-7-20-16-14(17)8-12(9-15(16)19-3)10-18-11(2)13-5-6-13/h8-9,11,13,18H,4-7,10H2,1-3H3. The van der Waals surface area contributed by atoms with E-state index in [-0.39, 0.29) is 0 Å². The number of methoxy groups -OCH3 is 1. The Bertz CT molecular complexity index is 446. The fourth-order valence-electron chi connectivity index (χ4n) is 2.26. The molecule has 112 valence electrons. The van der Waals surface area contributed by atoms with E-state index >= 15 is 0 Å². The summed E-state index contributed by atoms with van der Waals surface area (Å²) in [6.07, 6.45) is 3.72. The van der Waals surface area contributed by atoms with Crippen molar-refractivity contribution in [1.82, 2.24) is 5.32 Å². The molecule has 0 spiro atoms. The SMILES string of the molecule is CCCOc1c(Br)cc(CNC(C)C2CC2)cc1OC. The van der Waals surface area contributed by atoms with Gasteiger partial charge >= 0.3 is 0 Å². The molecular weight excluding hydrogens is 318 g/mol. The van der Waals surface area contributed by atoms with Gasteiger partial charge in [0.2, 0.25) is 0 Å². The van der Waals surface area contributed by atoms with Crippen molar-refractivity contribution in [2.45, 2.75) is 45.7 Å². The molecule has 1 aliphatic carbocycles. The van der Waals surface area contributed by atoms with E-state index in [1.165, 1.54) is 18.4 Å². The molecule has 0 aromatic heterocycles. The number of ether oxygens (including phenoxy) is 2. The van der Waals surface area contributed by atoms with Crippen molar-refractivity contribution in [2.24, 2.45) is 5.92 Å². The summed E-state index contributed by atoms with van der Waals surface area (Å²) >= 11 is 3.58. The molecule has 0 amide bonds. The molecule has 2 rings (SSSR count). The summed E-state index contributed by atoms with van der Waals surface area (Å²) in [4.78, 5) is 0. The maximum atomic E-state index is 5.74. The number of nitrogens with one attached hydrogen (secondary N) is 1. The molecule has 1 atom stereocenters. The van der Waals surface area contributed by atoms with Gasteiger partial charge in [0.05, 0.1) is 18.2 Å². The second-order valence-corrected chi connectivity index (χ2v) is 6.32. The van der Waals surface area contributed by atoms with Crippen LogP contribution in [0.1, 0.15) is 38.7 Å². The number of halogens is 1. The van der Waals surface area contributed by atoms with Gasteiger partial charge in [0.15, 0.2) is 11.5 Å². The van der Waals surface area contributed by atoms with Gasteiger partial charge in [-0.25, -0.2) is 0 Å². The fourth-order valence-corrected chi connectivity index (χ4v) is 2.87. The topological polar surface area (TPSA) is 30.5 Å². The molecule has 20 heavy (non-hydrogen) atoms. The van der Waals surface area contributed by atoms with Gasteiger partial charge in [-0.15, -0.1) is 0 Å². The normalized spacial score (nSPS) is 16.0. The third-order valence-corrected chi connectivity index (χ3v) is 4.29. The average molecular weight is 342 g/mol. The van der Waals surface area contributed by atoms with Crippen LogP contribution in [0.3, 0.4) is 0 Å².